The number of hydrogen-bond acceptors (Lipinski definition) is 3. The molecule has 1 heterocycles. The summed E-state index contributed by atoms with van der Waals surface area (Å²) in [6.07, 6.45) is -0.430. The quantitative estimate of drug-likeness (QED) is 0.625. The van der Waals surface area contributed by atoms with Crippen molar-refractivity contribution in [3.05, 3.63) is 0 Å². The molecule has 0 aromatic heterocycles. The molecule has 1 aliphatic rings. The van der Waals surface area contributed by atoms with Crippen molar-refractivity contribution in [1.29, 1.82) is 0 Å². The maximum Gasteiger partial charge on any atom is 0.409 e. The summed E-state index contributed by atoms with van der Waals surface area (Å²) >= 11 is 0. The van der Waals surface area contributed by atoms with Crippen LogP contribution in [0.1, 0.15) is 6.42 Å². The van der Waals surface area contributed by atoms with E-state index in [1.165, 1.54) is 4.90 Å². The van der Waals surface area contributed by atoms with Crippen LogP contribution in [-0.4, -0.2) is 41.8 Å². The van der Waals surface area contributed by atoms with Crippen molar-refractivity contribution in [3.63, 3.8) is 0 Å². The lowest BCUT2D eigenvalue weighted by Gasteiger charge is -2.09. The van der Waals surface area contributed by atoms with E-state index in [1.807, 2.05) is 0 Å². The summed E-state index contributed by atoms with van der Waals surface area (Å²) in [4.78, 5) is 22.2. The van der Waals surface area contributed by atoms with Gasteiger partial charge < -0.3 is 14.7 Å². The molecule has 62 valence electrons. The predicted octanol–water partition coefficient (Wildman–Crippen LogP) is -0.0867. The second kappa shape index (κ2) is 3.23. The van der Waals surface area contributed by atoms with Crippen molar-refractivity contribution in [2.45, 2.75) is 6.42 Å². The van der Waals surface area contributed by atoms with Crippen LogP contribution < -0.4 is 0 Å². The summed E-state index contributed by atoms with van der Waals surface area (Å²) in [5, 5.41) is 8.28. The largest absolute Gasteiger partial charge is 0.481 e. The van der Waals surface area contributed by atoms with Crippen LogP contribution in [0, 0.1) is 0 Å². The van der Waals surface area contributed by atoms with E-state index in [-0.39, 0.29) is 13.0 Å². The van der Waals surface area contributed by atoms with Crippen LogP contribution in [0.3, 0.4) is 0 Å². The van der Waals surface area contributed by atoms with Crippen molar-refractivity contribution in [1.82, 2.24) is 4.90 Å². The fourth-order valence-electron chi connectivity index (χ4n) is 0.859. The zero-order valence-electron chi connectivity index (χ0n) is 5.95. The van der Waals surface area contributed by atoms with E-state index in [0.29, 0.717) is 13.2 Å². The van der Waals surface area contributed by atoms with Crippen LogP contribution in [0.5, 0.6) is 0 Å². The Labute approximate surface area is 63.5 Å². The van der Waals surface area contributed by atoms with Crippen LogP contribution in [0.25, 0.3) is 0 Å². The fourth-order valence-corrected chi connectivity index (χ4v) is 0.859. The van der Waals surface area contributed by atoms with E-state index in [4.69, 9.17) is 5.11 Å². The number of carbonyl (C=O) groups excluding carboxylic acids is 1. The molecule has 1 fully saturated rings. The Kier molecular flexibility index (Phi) is 2.30. The molecule has 0 bridgehead atoms. The normalized spacial score (nSPS) is 16.7. The Morgan fingerprint density at radius 3 is 2.91 bits per heavy atom. The number of amides is 1. The lowest BCUT2D eigenvalue weighted by Crippen LogP contribution is -2.26. The zero-order valence-corrected chi connectivity index (χ0v) is 5.95. The fraction of sp³-hybridized carbons (Fsp3) is 0.667. The van der Waals surface area contributed by atoms with Crippen LogP contribution in [0.4, 0.5) is 4.79 Å². The Balaban J connectivity index is 2.26. The molecule has 1 aliphatic heterocycles. The molecule has 0 aromatic carbocycles. The van der Waals surface area contributed by atoms with Crippen molar-refractivity contribution in [2.24, 2.45) is 0 Å². The van der Waals surface area contributed by atoms with E-state index in [0.717, 1.165) is 0 Å². The Hall–Kier alpha value is -1.26. The van der Waals surface area contributed by atoms with Gasteiger partial charge in [-0.25, -0.2) is 4.79 Å². The Morgan fingerprint density at radius 2 is 2.45 bits per heavy atom. The number of nitrogens with zero attached hydrogens (tertiary/aromatic N) is 1. The molecule has 1 rings (SSSR count). The number of carbonyl (C=O) groups is 2. The van der Waals surface area contributed by atoms with Crippen LogP contribution in [0.15, 0.2) is 0 Å². The minimum absolute atomic E-state index is 0.0188. The summed E-state index contributed by atoms with van der Waals surface area (Å²) in [6.45, 7) is 1.12. The number of ether oxygens (including phenoxy) is 1. The second-order valence-electron chi connectivity index (χ2n) is 2.25. The zero-order chi connectivity index (χ0) is 8.27. The van der Waals surface area contributed by atoms with Gasteiger partial charge in [0.2, 0.25) is 0 Å². The third kappa shape index (κ3) is 2.10. The number of rotatable bonds is 3. The van der Waals surface area contributed by atoms with Gasteiger partial charge in [-0.2, -0.15) is 0 Å². The average Bonchev–Trinajstić information content (AvgIpc) is 2.31. The summed E-state index contributed by atoms with van der Waals surface area (Å²) in [7, 11) is 0. The summed E-state index contributed by atoms with van der Waals surface area (Å²) in [5.41, 5.74) is 0. The molecule has 0 radical (unpaired) electrons. The summed E-state index contributed by atoms with van der Waals surface area (Å²) in [6, 6.07) is 0. The van der Waals surface area contributed by atoms with Gasteiger partial charge in [0.05, 0.1) is 13.0 Å². The lowest BCUT2D eigenvalue weighted by molar-refractivity contribution is -0.137. The van der Waals surface area contributed by atoms with Crippen LogP contribution in [0.2, 0.25) is 0 Å². The molecule has 1 amide bonds. The van der Waals surface area contributed by atoms with E-state index in [2.05, 4.69) is 4.74 Å². The predicted molar refractivity (Wildman–Crippen MR) is 35.2 cm³/mol. The highest BCUT2D eigenvalue weighted by molar-refractivity contribution is 5.71. The number of carboxylic acid groups (broad SMARTS) is 1. The molecule has 5 nitrogen and oxygen atoms in total. The highest BCUT2D eigenvalue weighted by atomic mass is 16.6. The first-order valence-corrected chi connectivity index (χ1v) is 3.33. The highest BCUT2D eigenvalue weighted by Gasteiger charge is 2.21. The third-order valence-electron chi connectivity index (χ3n) is 1.44. The van der Waals surface area contributed by atoms with Crippen molar-refractivity contribution < 1.29 is 19.4 Å². The first-order valence-electron chi connectivity index (χ1n) is 3.33. The minimum Gasteiger partial charge on any atom is -0.481 e. The Bertz CT molecular complexity index is 179. The number of cyclic esters (lactones) is 1. The van der Waals surface area contributed by atoms with Gasteiger partial charge in [-0.1, -0.05) is 0 Å². The van der Waals surface area contributed by atoms with E-state index in [9.17, 15) is 9.59 Å². The van der Waals surface area contributed by atoms with Gasteiger partial charge in [0.1, 0.15) is 6.61 Å². The molecular weight excluding hydrogens is 150 g/mol. The molecule has 0 aromatic rings. The standard InChI is InChI=1S/C6H9NO4/c8-5(9)1-2-7-3-4-11-6(7)10/h1-4H2,(H,8,9). The third-order valence-corrected chi connectivity index (χ3v) is 1.44. The molecule has 5 heteroatoms. The smallest absolute Gasteiger partial charge is 0.409 e. The van der Waals surface area contributed by atoms with Crippen LogP contribution in [-0.2, 0) is 9.53 Å². The monoisotopic (exact) mass is 159 g/mol. The lowest BCUT2D eigenvalue weighted by atomic mass is 10.4. The van der Waals surface area contributed by atoms with Crippen molar-refractivity contribution >= 4 is 12.1 Å². The maximum absolute atomic E-state index is 10.7. The highest BCUT2D eigenvalue weighted by Crippen LogP contribution is 2.03. The minimum atomic E-state index is -0.898. The van der Waals surface area contributed by atoms with E-state index in [1.54, 1.807) is 0 Å². The first-order chi connectivity index (χ1) is 5.20. The maximum atomic E-state index is 10.7. The average molecular weight is 159 g/mol. The van der Waals surface area contributed by atoms with Gasteiger partial charge in [-0.15, -0.1) is 0 Å². The molecule has 1 saturated heterocycles. The first kappa shape index (κ1) is 7.84. The second-order valence-corrected chi connectivity index (χ2v) is 2.25. The molecular formula is C6H9NO4. The van der Waals surface area contributed by atoms with Gasteiger partial charge in [0.25, 0.3) is 0 Å². The topological polar surface area (TPSA) is 66.8 Å². The summed E-state index contributed by atoms with van der Waals surface area (Å²) in [5.74, 6) is -0.898. The van der Waals surface area contributed by atoms with Gasteiger partial charge in [-0.3, -0.25) is 4.79 Å². The molecule has 1 N–H and O–H groups in total. The molecule has 0 aliphatic carbocycles. The van der Waals surface area contributed by atoms with E-state index < -0.39 is 12.1 Å². The number of hydrogen-bond donors (Lipinski definition) is 1. The SMILES string of the molecule is O=C(O)CCN1CCOC1=O. The Morgan fingerprint density at radius 1 is 1.73 bits per heavy atom. The summed E-state index contributed by atoms with van der Waals surface area (Å²) < 4.78 is 4.59. The van der Waals surface area contributed by atoms with Crippen molar-refractivity contribution in [2.75, 3.05) is 19.7 Å². The molecule has 0 saturated carbocycles. The molecule has 0 atom stereocenters. The molecule has 0 unspecified atom stereocenters. The van der Waals surface area contributed by atoms with Crippen LogP contribution >= 0.6 is 0 Å². The van der Waals surface area contributed by atoms with Crippen molar-refractivity contribution in [3.8, 4) is 0 Å². The van der Waals surface area contributed by atoms with E-state index >= 15 is 0 Å². The van der Waals surface area contributed by atoms with Gasteiger partial charge in [0, 0.05) is 6.54 Å². The number of aliphatic carboxylic acids is 1. The van der Waals surface area contributed by atoms with Gasteiger partial charge in [0.15, 0.2) is 0 Å². The molecule has 0 spiro atoms. The van der Waals surface area contributed by atoms with Gasteiger partial charge in [-0.05, 0) is 0 Å². The van der Waals surface area contributed by atoms with Gasteiger partial charge >= 0.3 is 12.1 Å². The number of carboxylic acids is 1. The molecule has 11 heavy (non-hydrogen) atoms.